The Kier molecular flexibility index (Phi) is 4.93. The van der Waals surface area contributed by atoms with Crippen molar-refractivity contribution in [1.29, 1.82) is 0 Å². The number of benzene rings is 2. The molecule has 0 aliphatic heterocycles. The van der Waals surface area contributed by atoms with Crippen molar-refractivity contribution >= 4 is 45.9 Å². The summed E-state index contributed by atoms with van der Waals surface area (Å²) in [6, 6.07) is 19.1. The van der Waals surface area contributed by atoms with Gasteiger partial charge in [-0.3, -0.25) is 15.1 Å². The molecule has 118 valence electrons. The number of thiocarbonyl (C=S) groups is 1. The Morgan fingerprint density at radius 3 is 2.67 bits per heavy atom. The first-order valence-electron chi connectivity index (χ1n) is 7.41. The molecule has 0 aliphatic carbocycles. The highest BCUT2D eigenvalue weighted by Gasteiger charge is 2.05. The zero-order valence-electron chi connectivity index (χ0n) is 12.8. The van der Waals surface area contributed by atoms with E-state index in [9.17, 15) is 4.79 Å². The van der Waals surface area contributed by atoms with Crippen molar-refractivity contribution in [2.75, 3.05) is 5.32 Å². The number of aromatic nitrogens is 1. The number of amides is 1. The Bertz CT molecular complexity index is 901. The topological polar surface area (TPSA) is 54.0 Å². The Morgan fingerprint density at radius 1 is 1.00 bits per heavy atom. The fraction of sp³-hybridized carbons (Fsp3) is 0. The van der Waals surface area contributed by atoms with E-state index < -0.39 is 0 Å². The Morgan fingerprint density at radius 2 is 1.83 bits per heavy atom. The zero-order valence-corrected chi connectivity index (χ0v) is 13.6. The first-order valence-corrected chi connectivity index (χ1v) is 7.82. The van der Waals surface area contributed by atoms with Crippen molar-refractivity contribution in [2.24, 2.45) is 0 Å². The van der Waals surface area contributed by atoms with Gasteiger partial charge in [-0.25, -0.2) is 0 Å². The highest BCUT2D eigenvalue weighted by Crippen LogP contribution is 2.20. The predicted molar refractivity (Wildman–Crippen MR) is 102 cm³/mol. The van der Waals surface area contributed by atoms with Crippen molar-refractivity contribution in [3.05, 3.63) is 78.5 Å². The lowest BCUT2D eigenvalue weighted by atomic mass is 10.2. The highest BCUT2D eigenvalue weighted by molar-refractivity contribution is 7.80. The maximum atomic E-state index is 11.9. The summed E-state index contributed by atoms with van der Waals surface area (Å²) in [6.07, 6.45) is 4.92. The first-order chi connectivity index (χ1) is 11.7. The summed E-state index contributed by atoms with van der Waals surface area (Å²) in [4.78, 5) is 16.2. The van der Waals surface area contributed by atoms with Crippen molar-refractivity contribution in [1.82, 2.24) is 10.3 Å². The average molecular weight is 333 g/mol. The van der Waals surface area contributed by atoms with Crippen LogP contribution in [0.1, 0.15) is 5.56 Å². The molecule has 0 saturated carbocycles. The van der Waals surface area contributed by atoms with Crippen molar-refractivity contribution in [3.8, 4) is 0 Å². The van der Waals surface area contributed by atoms with E-state index >= 15 is 0 Å². The van der Waals surface area contributed by atoms with Gasteiger partial charge in [-0.1, -0.05) is 36.4 Å². The SMILES string of the molecule is O=C(C=Cc1ccccc1)NC(=S)Nc1cccc2ncccc12. The summed E-state index contributed by atoms with van der Waals surface area (Å²) in [6.45, 7) is 0. The van der Waals surface area contributed by atoms with E-state index in [0.29, 0.717) is 0 Å². The molecule has 0 atom stereocenters. The van der Waals surface area contributed by atoms with Crippen LogP contribution < -0.4 is 10.6 Å². The van der Waals surface area contributed by atoms with Crippen molar-refractivity contribution in [2.45, 2.75) is 0 Å². The second kappa shape index (κ2) is 7.48. The van der Waals surface area contributed by atoms with E-state index in [1.165, 1.54) is 6.08 Å². The quantitative estimate of drug-likeness (QED) is 0.566. The lowest BCUT2D eigenvalue weighted by Crippen LogP contribution is -2.32. The van der Waals surface area contributed by atoms with Crippen molar-refractivity contribution < 1.29 is 4.79 Å². The van der Waals surface area contributed by atoms with Crippen LogP contribution in [0.25, 0.3) is 17.0 Å². The van der Waals surface area contributed by atoms with Gasteiger partial charge in [0.15, 0.2) is 5.11 Å². The summed E-state index contributed by atoms with van der Waals surface area (Å²) in [5.74, 6) is -0.283. The van der Waals surface area contributed by atoms with Gasteiger partial charge in [0.25, 0.3) is 0 Å². The lowest BCUT2D eigenvalue weighted by molar-refractivity contribution is -0.115. The molecule has 24 heavy (non-hydrogen) atoms. The van der Waals surface area contributed by atoms with Crippen LogP contribution in [0.3, 0.4) is 0 Å². The average Bonchev–Trinajstić information content (AvgIpc) is 2.61. The van der Waals surface area contributed by atoms with Crippen LogP contribution in [0.15, 0.2) is 72.9 Å². The summed E-state index contributed by atoms with van der Waals surface area (Å²) in [5.41, 5.74) is 2.62. The number of hydrogen-bond acceptors (Lipinski definition) is 3. The van der Waals surface area contributed by atoms with Gasteiger partial charge in [0, 0.05) is 23.3 Å². The molecule has 4 nitrogen and oxygen atoms in total. The first kappa shape index (κ1) is 15.8. The third-order valence-corrected chi connectivity index (χ3v) is 3.56. The number of carbonyl (C=O) groups excluding carboxylic acids is 1. The van der Waals surface area contributed by atoms with Gasteiger partial charge in [-0.2, -0.15) is 0 Å². The molecule has 0 unspecified atom stereocenters. The molecule has 0 saturated heterocycles. The molecule has 1 heterocycles. The molecule has 2 aromatic carbocycles. The largest absolute Gasteiger partial charge is 0.332 e. The number of carbonyl (C=O) groups is 1. The van der Waals surface area contributed by atoms with Crippen molar-refractivity contribution in [3.63, 3.8) is 0 Å². The van der Waals surface area contributed by atoms with Gasteiger partial charge in [0.2, 0.25) is 5.91 Å². The number of nitrogens with zero attached hydrogens (tertiary/aromatic N) is 1. The second-order valence-electron chi connectivity index (χ2n) is 5.06. The van der Waals surface area contributed by atoms with E-state index in [0.717, 1.165) is 22.2 Å². The molecule has 3 rings (SSSR count). The van der Waals surface area contributed by atoms with Gasteiger partial charge >= 0.3 is 0 Å². The maximum Gasteiger partial charge on any atom is 0.250 e. The number of pyridine rings is 1. The molecule has 0 aliphatic rings. The predicted octanol–water partition coefficient (Wildman–Crippen LogP) is 3.76. The fourth-order valence-electron chi connectivity index (χ4n) is 2.26. The minimum atomic E-state index is -0.283. The van der Waals surface area contributed by atoms with Crippen LogP contribution in [0.4, 0.5) is 5.69 Å². The summed E-state index contributed by atoms with van der Waals surface area (Å²) < 4.78 is 0. The number of fused-ring (bicyclic) bond motifs is 1. The zero-order chi connectivity index (χ0) is 16.8. The Balaban J connectivity index is 1.65. The number of hydrogen-bond donors (Lipinski definition) is 2. The Labute approximate surface area is 145 Å². The van der Waals surface area contributed by atoms with E-state index in [2.05, 4.69) is 15.6 Å². The number of nitrogens with one attached hydrogen (secondary N) is 2. The van der Waals surface area contributed by atoms with E-state index in [-0.39, 0.29) is 11.0 Å². The van der Waals surface area contributed by atoms with E-state index in [1.807, 2.05) is 60.7 Å². The van der Waals surface area contributed by atoms with Crippen LogP contribution in [-0.2, 0) is 4.79 Å². The Hall–Kier alpha value is -3.05. The monoisotopic (exact) mass is 333 g/mol. The molecule has 5 heteroatoms. The third-order valence-electron chi connectivity index (χ3n) is 3.36. The fourth-order valence-corrected chi connectivity index (χ4v) is 2.47. The summed E-state index contributed by atoms with van der Waals surface area (Å²) in [7, 11) is 0. The molecular weight excluding hydrogens is 318 g/mol. The molecule has 0 radical (unpaired) electrons. The van der Waals surface area contributed by atoms with Gasteiger partial charge in [-0.15, -0.1) is 0 Å². The summed E-state index contributed by atoms with van der Waals surface area (Å²) in [5, 5.41) is 6.86. The van der Waals surface area contributed by atoms with Crippen LogP contribution in [-0.4, -0.2) is 16.0 Å². The smallest absolute Gasteiger partial charge is 0.250 e. The molecule has 0 fully saturated rings. The normalized spacial score (nSPS) is 10.7. The molecular formula is C19H15N3OS. The molecule has 2 N–H and O–H groups in total. The van der Waals surface area contributed by atoms with Gasteiger partial charge < -0.3 is 5.32 Å². The standard InChI is InChI=1S/C19H15N3OS/c23-18(12-11-14-6-2-1-3-7-14)22-19(24)21-17-10-4-9-16-15(17)8-5-13-20-16/h1-13H,(H2,21,22,23,24). The maximum absolute atomic E-state index is 11.9. The number of rotatable bonds is 3. The van der Waals surface area contributed by atoms with Gasteiger partial charge in [0.1, 0.15) is 0 Å². The second-order valence-corrected chi connectivity index (χ2v) is 5.47. The molecule has 1 aromatic heterocycles. The van der Waals surface area contributed by atoms with E-state index in [1.54, 1.807) is 12.3 Å². The minimum Gasteiger partial charge on any atom is -0.332 e. The highest BCUT2D eigenvalue weighted by atomic mass is 32.1. The molecule has 0 bridgehead atoms. The van der Waals surface area contributed by atoms with Gasteiger partial charge in [-0.05, 0) is 48.1 Å². The van der Waals surface area contributed by atoms with E-state index in [4.69, 9.17) is 12.2 Å². The van der Waals surface area contributed by atoms with Crippen LogP contribution in [0.5, 0.6) is 0 Å². The molecule has 1 amide bonds. The van der Waals surface area contributed by atoms with Crippen LogP contribution in [0, 0.1) is 0 Å². The van der Waals surface area contributed by atoms with Crippen LogP contribution >= 0.6 is 12.2 Å². The molecule has 0 spiro atoms. The van der Waals surface area contributed by atoms with Gasteiger partial charge in [0.05, 0.1) is 5.52 Å². The minimum absolute atomic E-state index is 0.245. The molecule has 3 aromatic rings. The third kappa shape index (κ3) is 4.02. The summed E-state index contributed by atoms with van der Waals surface area (Å²) >= 11 is 5.21. The lowest BCUT2D eigenvalue weighted by Gasteiger charge is -2.10. The number of anilines is 1. The van der Waals surface area contributed by atoms with Crippen LogP contribution in [0.2, 0.25) is 0 Å².